The molecule has 1 aromatic heterocycles. The van der Waals surface area contributed by atoms with Gasteiger partial charge in [0, 0.05) is 19.8 Å². The maximum atomic E-state index is 12.7. The second kappa shape index (κ2) is 8.52. The predicted octanol–water partition coefficient (Wildman–Crippen LogP) is 4.17. The van der Waals surface area contributed by atoms with E-state index >= 15 is 0 Å². The number of para-hydroxylation sites is 2. The minimum absolute atomic E-state index is 0.0754. The van der Waals surface area contributed by atoms with E-state index in [2.05, 4.69) is 15.3 Å². The summed E-state index contributed by atoms with van der Waals surface area (Å²) in [5, 5.41) is 3.19. The van der Waals surface area contributed by atoms with E-state index in [1.165, 1.54) is 13.8 Å². The zero-order chi connectivity index (χ0) is 21.0. The fourth-order valence-electron chi connectivity index (χ4n) is 2.91. The minimum Gasteiger partial charge on any atom is -0.327 e. The number of hydrogen-bond acceptors (Lipinski definition) is 6. The second-order valence-corrected chi connectivity index (χ2v) is 6.74. The van der Waals surface area contributed by atoms with Gasteiger partial charge in [-0.25, -0.2) is 4.98 Å². The smallest absolute Gasteiger partial charge is 0.260 e. The Kier molecular flexibility index (Phi) is 5.87. The van der Waals surface area contributed by atoms with E-state index < -0.39 is 0 Å². The summed E-state index contributed by atoms with van der Waals surface area (Å²) in [6.45, 7) is 3.06. The Balaban J connectivity index is 0.000000552. The van der Waals surface area contributed by atoms with Gasteiger partial charge in [-0.15, -0.1) is 0 Å². The molecule has 148 valence electrons. The fraction of sp³-hybridized carbons (Fsp3) is 0.182. The normalized spacial score (nSPS) is 12.2. The van der Waals surface area contributed by atoms with Crippen molar-refractivity contribution in [1.82, 2.24) is 9.97 Å². The Hall–Kier alpha value is -3.74. The number of amides is 1. The average Bonchev–Trinajstić information content (AvgIpc) is 2.79. The lowest BCUT2D eigenvalue weighted by Gasteiger charge is -2.21. The van der Waals surface area contributed by atoms with Crippen molar-refractivity contribution < 1.29 is 9.59 Å². The number of ketones is 1. The molecule has 0 radical (unpaired) electrons. The Morgan fingerprint density at radius 3 is 2.21 bits per heavy atom. The van der Waals surface area contributed by atoms with Crippen LogP contribution in [0, 0.1) is 0 Å². The maximum absolute atomic E-state index is 12.7. The molecule has 4 rings (SSSR count). The van der Waals surface area contributed by atoms with Gasteiger partial charge in [0.05, 0.1) is 17.4 Å². The highest BCUT2D eigenvalue weighted by Gasteiger charge is 2.28. The lowest BCUT2D eigenvalue weighted by Crippen LogP contribution is -2.25. The van der Waals surface area contributed by atoms with Gasteiger partial charge in [-0.2, -0.15) is 4.98 Å². The summed E-state index contributed by atoms with van der Waals surface area (Å²) in [5.74, 6) is 1.25. The predicted molar refractivity (Wildman–Crippen MR) is 115 cm³/mol. The molecule has 7 heteroatoms. The van der Waals surface area contributed by atoms with Gasteiger partial charge in [0.15, 0.2) is 5.82 Å². The van der Waals surface area contributed by atoms with Gasteiger partial charge in [-0.1, -0.05) is 30.3 Å². The highest BCUT2D eigenvalue weighted by Crippen LogP contribution is 2.37. The van der Waals surface area contributed by atoms with Crippen molar-refractivity contribution in [1.29, 1.82) is 0 Å². The third-order valence-corrected chi connectivity index (χ3v) is 4.26. The molecule has 0 atom stereocenters. The van der Waals surface area contributed by atoms with Gasteiger partial charge in [0.25, 0.3) is 5.91 Å². The first-order valence-corrected chi connectivity index (χ1v) is 9.15. The number of benzene rings is 2. The first-order chi connectivity index (χ1) is 13.9. The van der Waals surface area contributed by atoms with Crippen LogP contribution in [0.4, 0.5) is 28.8 Å². The van der Waals surface area contributed by atoms with Crippen molar-refractivity contribution in [2.24, 2.45) is 0 Å². The maximum Gasteiger partial charge on any atom is 0.260 e. The van der Waals surface area contributed by atoms with E-state index in [0.717, 1.165) is 11.4 Å². The summed E-state index contributed by atoms with van der Waals surface area (Å²) in [6.07, 6.45) is 1.67. The van der Waals surface area contributed by atoms with Crippen LogP contribution < -0.4 is 15.1 Å². The van der Waals surface area contributed by atoms with Gasteiger partial charge < -0.3 is 19.9 Å². The number of aromatic nitrogens is 2. The third kappa shape index (κ3) is 4.40. The van der Waals surface area contributed by atoms with Crippen molar-refractivity contribution in [3.8, 4) is 0 Å². The van der Waals surface area contributed by atoms with Crippen LogP contribution in [0.1, 0.15) is 24.2 Å². The molecule has 2 aromatic carbocycles. The quantitative estimate of drug-likeness (QED) is 0.709. The molecule has 0 fully saturated rings. The van der Waals surface area contributed by atoms with E-state index in [9.17, 15) is 9.59 Å². The van der Waals surface area contributed by atoms with Gasteiger partial charge in [-0.3, -0.25) is 4.79 Å². The molecule has 0 spiro atoms. The average molecular weight is 389 g/mol. The number of fused-ring (bicyclic) bond motifs is 2. The summed E-state index contributed by atoms with van der Waals surface area (Å²) in [5.41, 5.74) is 3.04. The van der Waals surface area contributed by atoms with E-state index in [4.69, 9.17) is 0 Å². The number of carbonyl (C=O) groups is 2. The molecule has 0 unspecified atom stereocenters. The van der Waals surface area contributed by atoms with E-state index in [1.54, 1.807) is 18.1 Å². The molecular formula is C22H23N5O2. The highest BCUT2D eigenvalue weighted by molar-refractivity contribution is 6.13. The molecule has 1 amide bonds. The number of hydrogen-bond donors (Lipinski definition) is 1. The minimum atomic E-state index is -0.0754. The highest BCUT2D eigenvalue weighted by atomic mass is 16.2. The van der Waals surface area contributed by atoms with Gasteiger partial charge in [0.1, 0.15) is 11.5 Å². The Bertz CT molecular complexity index is 1030. The van der Waals surface area contributed by atoms with Gasteiger partial charge >= 0.3 is 0 Å². The van der Waals surface area contributed by atoms with Gasteiger partial charge in [0.2, 0.25) is 5.95 Å². The van der Waals surface area contributed by atoms with Crippen LogP contribution in [0.5, 0.6) is 0 Å². The molecule has 2 heterocycles. The summed E-state index contributed by atoms with van der Waals surface area (Å²) in [6, 6.07) is 17.3. The van der Waals surface area contributed by atoms with Crippen molar-refractivity contribution in [3.63, 3.8) is 0 Å². The first-order valence-electron chi connectivity index (χ1n) is 9.15. The number of nitrogens with one attached hydrogen (secondary N) is 1. The monoisotopic (exact) mass is 389 g/mol. The molecule has 29 heavy (non-hydrogen) atoms. The van der Waals surface area contributed by atoms with Crippen molar-refractivity contribution in [2.75, 3.05) is 29.2 Å². The number of rotatable bonds is 2. The molecule has 0 saturated heterocycles. The van der Waals surface area contributed by atoms with E-state index in [0.29, 0.717) is 23.0 Å². The number of nitrogens with zero attached hydrogens (tertiary/aromatic N) is 4. The van der Waals surface area contributed by atoms with Crippen LogP contribution in [0.3, 0.4) is 0 Å². The summed E-state index contributed by atoms with van der Waals surface area (Å²) < 4.78 is 0. The SMILES string of the molecule is CC(C)=O.CN1C(=O)c2ccccc2N(C)c2nc(Nc3ccccc3)ncc21. The van der Waals surface area contributed by atoms with E-state index in [1.807, 2.05) is 66.5 Å². The third-order valence-electron chi connectivity index (χ3n) is 4.26. The lowest BCUT2D eigenvalue weighted by molar-refractivity contribution is -0.115. The molecule has 7 nitrogen and oxygen atoms in total. The topological polar surface area (TPSA) is 78.4 Å². The summed E-state index contributed by atoms with van der Waals surface area (Å²) in [4.78, 5) is 34.7. The standard InChI is InChI=1S/C19H17N5O.C3H6O/c1-23-15-11-7-6-10-14(15)18(25)24(2)16-12-20-19(22-17(16)23)21-13-8-4-3-5-9-13;1-3(2)4/h3-12H,1-2H3,(H,20,21,22);1-2H3. The molecule has 3 aromatic rings. The first kappa shape index (κ1) is 20.0. The van der Waals surface area contributed by atoms with Crippen molar-refractivity contribution >= 4 is 40.5 Å². The Morgan fingerprint density at radius 1 is 0.897 bits per heavy atom. The summed E-state index contributed by atoms with van der Waals surface area (Å²) >= 11 is 0. The molecule has 0 bridgehead atoms. The lowest BCUT2D eigenvalue weighted by atomic mass is 10.1. The van der Waals surface area contributed by atoms with Crippen LogP contribution in [0.2, 0.25) is 0 Å². The van der Waals surface area contributed by atoms with E-state index in [-0.39, 0.29) is 11.7 Å². The number of Topliss-reactive ketones (excluding diaryl/α,β-unsaturated/α-hetero) is 1. The fourth-order valence-corrected chi connectivity index (χ4v) is 2.91. The van der Waals surface area contributed by atoms with Crippen LogP contribution in [0.15, 0.2) is 60.8 Å². The molecule has 1 N–H and O–H groups in total. The second-order valence-electron chi connectivity index (χ2n) is 6.74. The van der Waals surface area contributed by atoms with Crippen molar-refractivity contribution in [3.05, 3.63) is 66.4 Å². The largest absolute Gasteiger partial charge is 0.327 e. The molecule has 1 aliphatic heterocycles. The molecule has 1 aliphatic rings. The molecule has 0 saturated carbocycles. The molecule has 0 aliphatic carbocycles. The van der Waals surface area contributed by atoms with Crippen molar-refractivity contribution in [2.45, 2.75) is 13.8 Å². The van der Waals surface area contributed by atoms with Crippen LogP contribution in [-0.2, 0) is 4.79 Å². The van der Waals surface area contributed by atoms with Gasteiger partial charge in [-0.05, 0) is 38.1 Å². The zero-order valence-electron chi connectivity index (χ0n) is 16.9. The summed E-state index contributed by atoms with van der Waals surface area (Å²) in [7, 11) is 3.65. The number of anilines is 5. The van der Waals surface area contributed by atoms with Crippen LogP contribution in [0.25, 0.3) is 0 Å². The zero-order valence-corrected chi connectivity index (χ0v) is 16.9. The van der Waals surface area contributed by atoms with Crippen LogP contribution in [-0.4, -0.2) is 35.8 Å². The molecular weight excluding hydrogens is 366 g/mol. The Morgan fingerprint density at radius 2 is 1.52 bits per heavy atom. The Labute approximate surface area is 170 Å². The number of carbonyl (C=O) groups excluding carboxylic acids is 2. The van der Waals surface area contributed by atoms with Crippen LogP contribution >= 0.6 is 0 Å².